The van der Waals surface area contributed by atoms with Crippen LogP contribution >= 0.6 is 11.3 Å². The number of rotatable bonds is 4. The minimum absolute atomic E-state index is 0.690. The number of hydrogen-bond acceptors (Lipinski definition) is 5. The van der Waals surface area contributed by atoms with Crippen molar-refractivity contribution in [2.24, 2.45) is 0 Å². The van der Waals surface area contributed by atoms with Gasteiger partial charge in [-0.2, -0.15) is 0 Å². The summed E-state index contributed by atoms with van der Waals surface area (Å²) in [6.07, 6.45) is 0. The molecule has 1 aromatic heterocycles. The van der Waals surface area contributed by atoms with Gasteiger partial charge in [0.1, 0.15) is 17.2 Å². The quantitative estimate of drug-likeness (QED) is 0.923. The van der Waals surface area contributed by atoms with Crippen molar-refractivity contribution in [1.82, 2.24) is 0 Å². The van der Waals surface area contributed by atoms with E-state index in [2.05, 4.69) is 0 Å². The van der Waals surface area contributed by atoms with E-state index in [0.29, 0.717) is 17.2 Å². The van der Waals surface area contributed by atoms with Gasteiger partial charge in [0.25, 0.3) is 0 Å². The summed E-state index contributed by atoms with van der Waals surface area (Å²) in [6, 6.07) is 5.55. The third-order valence-corrected chi connectivity index (χ3v) is 3.39. The van der Waals surface area contributed by atoms with Crippen LogP contribution in [-0.4, -0.2) is 21.3 Å². The first-order valence-corrected chi connectivity index (χ1v) is 6.22. The Morgan fingerprint density at radius 2 is 1.56 bits per heavy atom. The minimum Gasteiger partial charge on any atom is -0.496 e. The molecule has 2 aromatic rings. The molecule has 0 saturated carbocycles. The average Bonchev–Trinajstić information content (AvgIpc) is 2.83. The molecule has 18 heavy (non-hydrogen) atoms. The van der Waals surface area contributed by atoms with Crippen LogP contribution in [0.4, 0.5) is 5.00 Å². The number of nitrogen functional groups attached to an aromatic ring is 1. The van der Waals surface area contributed by atoms with Crippen molar-refractivity contribution in [2.45, 2.75) is 0 Å². The van der Waals surface area contributed by atoms with Crippen LogP contribution in [0.5, 0.6) is 17.2 Å². The molecular weight excluding hydrogens is 250 g/mol. The summed E-state index contributed by atoms with van der Waals surface area (Å²) in [6.45, 7) is 0. The first-order valence-electron chi connectivity index (χ1n) is 5.34. The number of hydrogen-bond donors (Lipinski definition) is 1. The largest absolute Gasteiger partial charge is 0.496 e. The van der Waals surface area contributed by atoms with E-state index in [-0.39, 0.29) is 0 Å². The molecule has 0 amide bonds. The second-order valence-corrected chi connectivity index (χ2v) is 4.59. The van der Waals surface area contributed by atoms with Crippen LogP contribution in [0.25, 0.3) is 11.1 Å². The molecule has 2 N–H and O–H groups in total. The monoisotopic (exact) mass is 265 g/mol. The first kappa shape index (κ1) is 12.6. The van der Waals surface area contributed by atoms with Crippen LogP contribution in [0, 0.1) is 0 Å². The van der Waals surface area contributed by atoms with Gasteiger partial charge in [0.2, 0.25) is 0 Å². The molecule has 5 heteroatoms. The summed E-state index contributed by atoms with van der Waals surface area (Å²) < 4.78 is 16.0. The van der Waals surface area contributed by atoms with Crippen LogP contribution in [0.15, 0.2) is 23.6 Å². The van der Waals surface area contributed by atoms with Gasteiger partial charge in [-0.1, -0.05) is 0 Å². The SMILES string of the molecule is COc1cc(OC)c(-c2csc(N)c2)c(OC)c1. The highest BCUT2D eigenvalue weighted by atomic mass is 32.1. The molecule has 1 aromatic carbocycles. The summed E-state index contributed by atoms with van der Waals surface area (Å²) in [5, 5.41) is 2.73. The van der Waals surface area contributed by atoms with Crippen LogP contribution in [0.3, 0.4) is 0 Å². The smallest absolute Gasteiger partial charge is 0.134 e. The Kier molecular flexibility index (Phi) is 3.62. The molecular formula is C13H15NO3S. The standard InChI is InChI=1S/C13H15NO3S/c1-15-9-5-10(16-2)13(11(6-9)17-3)8-4-12(14)18-7-8/h4-7H,14H2,1-3H3. The van der Waals surface area contributed by atoms with Crippen molar-refractivity contribution in [3.63, 3.8) is 0 Å². The van der Waals surface area contributed by atoms with Gasteiger partial charge in [0.15, 0.2) is 0 Å². The van der Waals surface area contributed by atoms with Gasteiger partial charge in [-0.3, -0.25) is 0 Å². The topological polar surface area (TPSA) is 53.7 Å². The van der Waals surface area contributed by atoms with Gasteiger partial charge in [-0.25, -0.2) is 0 Å². The Morgan fingerprint density at radius 1 is 0.944 bits per heavy atom. The molecule has 96 valence electrons. The van der Waals surface area contributed by atoms with Gasteiger partial charge in [0, 0.05) is 23.1 Å². The number of ether oxygens (including phenoxy) is 3. The Balaban J connectivity index is 2.63. The number of anilines is 1. The molecule has 0 atom stereocenters. The Hall–Kier alpha value is -1.88. The highest BCUT2D eigenvalue weighted by Crippen LogP contribution is 2.43. The van der Waals surface area contributed by atoms with Crippen molar-refractivity contribution >= 4 is 16.3 Å². The molecule has 4 nitrogen and oxygen atoms in total. The summed E-state index contributed by atoms with van der Waals surface area (Å²) in [5.74, 6) is 2.09. The summed E-state index contributed by atoms with van der Waals surface area (Å²) in [5.41, 5.74) is 7.63. The van der Waals surface area contributed by atoms with Crippen molar-refractivity contribution < 1.29 is 14.2 Å². The lowest BCUT2D eigenvalue weighted by molar-refractivity contribution is 0.377. The van der Waals surface area contributed by atoms with E-state index in [1.165, 1.54) is 11.3 Å². The van der Waals surface area contributed by atoms with Crippen LogP contribution < -0.4 is 19.9 Å². The predicted octanol–water partition coefficient (Wildman–Crippen LogP) is 3.02. The lowest BCUT2D eigenvalue weighted by Gasteiger charge is -2.14. The zero-order valence-corrected chi connectivity index (χ0v) is 11.3. The van der Waals surface area contributed by atoms with Gasteiger partial charge in [0.05, 0.1) is 31.9 Å². The summed E-state index contributed by atoms with van der Waals surface area (Å²) in [4.78, 5) is 0. The molecule has 0 aliphatic carbocycles. The number of methoxy groups -OCH3 is 3. The minimum atomic E-state index is 0.690. The second-order valence-electron chi connectivity index (χ2n) is 3.64. The van der Waals surface area contributed by atoms with Crippen LogP contribution in [0.1, 0.15) is 0 Å². The van der Waals surface area contributed by atoms with E-state index < -0.39 is 0 Å². The van der Waals surface area contributed by atoms with Crippen molar-refractivity contribution in [3.8, 4) is 28.4 Å². The Morgan fingerprint density at radius 3 is 1.94 bits per heavy atom. The van der Waals surface area contributed by atoms with E-state index in [9.17, 15) is 0 Å². The van der Waals surface area contributed by atoms with Crippen molar-refractivity contribution in [3.05, 3.63) is 23.6 Å². The fraction of sp³-hybridized carbons (Fsp3) is 0.231. The maximum atomic E-state index is 5.77. The molecule has 0 fully saturated rings. The lowest BCUT2D eigenvalue weighted by atomic mass is 10.1. The van der Waals surface area contributed by atoms with E-state index in [4.69, 9.17) is 19.9 Å². The highest BCUT2D eigenvalue weighted by Gasteiger charge is 2.16. The van der Waals surface area contributed by atoms with Crippen molar-refractivity contribution in [2.75, 3.05) is 27.1 Å². The molecule has 0 unspecified atom stereocenters. The second kappa shape index (κ2) is 5.18. The fourth-order valence-electron chi connectivity index (χ4n) is 1.77. The fourth-order valence-corrected chi connectivity index (χ4v) is 2.42. The third kappa shape index (κ3) is 2.22. The first-order chi connectivity index (χ1) is 8.69. The molecule has 0 spiro atoms. The van der Waals surface area contributed by atoms with Crippen LogP contribution in [-0.2, 0) is 0 Å². The molecule has 0 bridgehead atoms. The van der Waals surface area contributed by atoms with Gasteiger partial charge < -0.3 is 19.9 Å². The highest BCUT2D eigenvalue weighted by molar-refractivity contribution is 7.14. The van der Waals surface area contributed by atoms with Gasteiger partial charge >= 0.3 is 0 Å². The van der Waals surface area contributed by atoms with E-state index >= 15 is 0 Å². The van der Waals surface area contributed by atoms with Gasteiger partial charge in [-0.05, 0) is 6.07 Å². The number of thiophene rings is 1. The summed E-state index contributed by atoms with van der Waals surface area (Å²) >= 11 is 1.48. The number of nitrogens with two attached hydrogens (primary N) is 1. The number of benzene rings is 1. The average molecular weight is 265 g/mol. The summed E-state index contributed by atoms with van der Waals surface area (Å²) in [7, 11) is 4.84. The lowest BCUT2D eigenvalue weighted by Crippen LogP contribution is -1.94. The molecule has 0 radical (unpaired) electrons. The molecule has 1 heterocycles. The van der Waals surface area contributed by atoms with E-state index in [1.54, 1.807) is 21.3 Å². The Bertz CT molecular complexity index is 526. The van der Waals surface area contributed by atoms with E-state index in [1.807, 2.05) is 23.6 Å². The maximum absolute atomic E-state index is 5.77. The third-order valence-electron chi connectivity index (χ3n) is 2.62. The predicted molar refractivity (Wildman–Crippen MR) is 73.8 cm³/mol. The molecule has 2 rings (SSSR count). The zero-order chi connectivity index (χ0) is 13.1. The molecule has 0 aliphatic heterocycles. The molecule has 0 aliphatic rings. The van der Waals surface area contributed by atoms with E-state index in [0.717, 1.165) is 16.1 Å². The Labute approximate surface area is 110 Å². The zero-order valence-electron chi connectivity index (χ0n) is 10.5. The maximum Gasteiger partial charge on any atom is 0.134 e. The van der Waals surface area contributed by atoms with Crippen molar-refractivity contribution in [1.29, 1.82) is 0 Å². The normalized spacial score (nSPS) is 10.2. The van der Waals surface area contributed by atoms with Gasteiger partial charge in [-0.15, -0.1) is 11.3 Å². The molecule has 0 saturated heterocycles. The van der Waals surface area contributed by atoms with Crippen LogP contribution in [0.2, 0.25) is 0 Å².